The summed E-state index contributed by atoms with van der Waals surface area (Å²) in [6.07, 6.45) is 0.992. The summed E-state index contributed by atoms with van der Waals surface area (Å²) in [5.41, 5.74) is 0.417. The van der Waals surface area contributed by atoms with Gasteiger partial charge in [-0.2, -0.15) is 0 Å². The first kappa shape index (κ1) is 28.7. The Hall–Kier alpha value is -2.49. The van der Waals surface area contributed by atoms with Gasteiger partial charge in [0.05, 0.1) is 29.1 Å². The monoisotopic (exact) mass is 543 g/mol. The second-order valence-corrected chi connectivity index (χ2v) is 11.9. The smallest absolute Gasteiger partial charge is 0.244 e. The minimum atomic E-state index is -3.87. The molecule has 0 fully saturated rings. The number of ether oxygens (including phenoxy) is 1. The lowest BCUT2D eigenvalue weighted by Gasteiger charge is -2.33. The minimum Gasteiger partial charge on any atom is -0.497 e. The van der Waals surface area contributed by atoms with E-state index < -0.39 is 34.1 Å². The molecule has 0 bridgehead atoms. The molecule has 0 aliphatic heterocycles. The lowest BCUT2D eigenvalue weighted by atomic mass is 10.1. The van der Waals surface area contributed by atoms with Crippen LogP contribution in [0, 0.1) is 0 Å². The Kier molecular flexibility index (Phi) is 9.44. The van der Waals surface area contributed by atoms with Gasteiger partial charge in [0.15, 0.2) is 0 Å². The molecule has 2 aromatic carbocycles. The van der Waals surface area contributed by atoms with Crippen molar-refractivity contribution in [1.82, 2.24) is 10.2 Å². The van der Waals surface area contributed by atoms with Gasteiger partial charge in [-0.1, -0.05) is 35.3 Å². The summed E-state index contributed by atoms with van der Waals surface area (Å²) >= 11 is 12.0. The largest absolute Gasteiger partial charge is 0.497 e. The van der Waals surface area contributed by atoms with E-state index >= 15 is 0 Å². The zero-order valence-electron chi connectivity index (χ0n) is 20.6. The zero-order chi connectivity index (χ0) is 26.6. The molecule has 0 saturated heterocycles. The van der Waals surface area contributed by atoms with Crippen molar-refractivity contribution in [1.29, 1.82) is 0 Å². The summed E-state index contributed by atoms with van der Waals surface area (Å²) in [5, 5.41) is 3.28. The number of sulfonamides is 1. The van der Waals surface area contributed by atoms with Crippen LogP contribution < -0.4 is 14.4 Å². The number of methoxy groups -OCH3 is 1. The Balaban J connectivity index is 2.42. The summed E-state index contributed by atoms with van der Waals surface area (Å²) in [6.45, 7) is 6.67. The first-order valence-electron chi connectivity index (χ1n) is 10.8. The summed E-state index contributed by atoms with van der Waals surface area (Å²) in [5.74, 6) is -0.276. The molecule has 1 unspecified atom stereocenters. The van der Waals surface area contributed by atoms with E-state index in [0.29, 0.717) is 5.75 Å². The van der Waals surface area contributed by atoms with Crippen molar-refractivity contribution in [2.75, 3.05) is 24.2 Å². The highest BCUT2D eigenvalue weighted by Crippen LogP contribution is 2.28. The molecular formula is C24H31Cl2N3O5S. The quantitative estimate of drug-likeness (QED) is 0.513. The van der Waals surface area contributed by atoms with Gasteiger partial charge in [-0.15, -0.1) is 0 Å². The predicted molar refractivity (Wildman–Crippen MR) is 140 cm³/mol. The normalized spacial score (nSPS) is 12.6. The van der Waals surface area contributed by atoms with Gasteiger partial charge in [-0.25, -0.2) is 8.42 Å². The third-order valence-corrected chi connectivity index (χ3v) is 6.93. The molecule has 35 heavy (non-hydrogen) atoms. The Morgan fingerprint density at radius 2 is 1.66 bits per heavy atom. The number of carbonyl (C=O) groups excluding carboxylic acids is 2. The van der Waals surface area contributed by atoms with Crippen LogP contribution in [0.15, 0.2) is 42.5 Å². The van der Waals surface area contributed by atoms with Crippen molar-refractivity contribution in [3.05, 3.63) is 58.1 Å². The second-order valence-electron chi connectivity index (χ2n) is 9.15. The van der Waals surface area contributed by atoms with Crippen LogP contribution in [0.1, 0.15) is 33.3 Å². The van der Waals surface area contributed by atoms with Crippen molar-refractivity contribution < 1.29 is 22.7 Å². The molecule has 2 amide bonds. The van der Waals surface area contributed by atoms with Crippen LogP contribution in [0.4, 0.5) is 5.69 Å². The molecule has 2 aromatic rings. The van der Waals surface area contributed by atoms with Gasteiger partial charge < -0.3 is 15.0 Å². The molecule has 192 valence electrons. The van der Waals surface area contributed by atoms with Gasteiger partial charge in [0.1, 0.15) is 18.3 Å². The maximum Gasteiger partial charge on any atom is 0.244 e. The van der Waals surface area contributed by atoms with Crippen molar-refractivity contribution >= 4 is 50.7 Å². The number of halogens is 2. The molecule has 0 spiro atoms. The summed E-state index contributed by atoms with van der Waals surface area (Å²) in [7, 11) is -2.32. The molecule has 1 N–H and O–H groups in total. The highest BCUT2D eigenvalue weighted by molar-refractivity contribution is 7.92. The summed E-state index contributed by atoms with van der Waals surface area (Å²) in [6, 6.07) is 10.5. The third-order valence-electron chi connectivity index (χ3n) is 5.05. The first-order chi connectivity index (χ1) is 16.1. The van der Waals surface area contributed by atoms with Gasteiger partial charge in [0.2, 0.25) is 21.8 Å². The molecule has 0 heterocycles. The van der Waals surface area contributed by atoms with Crippen LogP contribution >= 0.6 is 23.2 Å². The number of anilines is 1. The van der Waals surface area contributed by atoms with E-state index in [4.69, 9.17) is 27.9 Å². The maximum atomic E-state index is 13.5. The van der Waals surface area contributed by atoms with E-state index in [9.17, 15) is 18.0 Å². The summed E-state index contributed by atoms with van der Waals surface area (Å²) in [4.78, 5) is 27.8. The Bertz CT molecular complexity index is 1160. The van der Waals surface area contributed by atoms with E-state index in [1.807, 2.05) is 20.8 Å². The van der Waals surface area contributed by atoms with Crippen LogP contribution in [0.25, 0.3) is 0 Å². The van der Waals surface area contributed by atoms with Crippen LogP contribution in [-0.2, 0) is 26.2 Å². The van der Waals surface area contributed by atoms with Gasteiger partial charge in [-0.3, -0.25) is 13.9 Å². The molecular weight excluding hydrogens is 513 g/mol. The molecule has 0 aromatic heterocycles. The summed E-state index contributed by atoms with van der Waals surface area (Å²) < 4.78 is 31.3. The second kappa shape index (κ2) is 11.5. The number of nitrogens with zero attached hydrogens (tertiary/aromatic N) is 2. The van der Waals surface area contributed by atoms with E-state index in [2.05, 4.69) is 5.32 Å². The van der Waals surface area contributed by atoms with Crippen LogP contribution in [-0.4, -0.2) is 56.6 Å². The Labute approximate surface area is 217 Å². The molecule has 2 rings (SSSR count). The number of carbonyl (C=O) groups is 2. The van der Waals surface area contributed by atoms with Crippen molar-refractivity contribution in [3.63, 3.8) is 0 Å². The topological polar surface area (TPSA) is 96.0 Å². The number of nitrogens with one attached hydrogen (secondary N) is 1. The fraction of sp³-hybridized carbons (Fsp3) is 0.417. The molecule has 8 nitrogen and oxygen atoms in total. The maximum absolute atomic E-state index is 13.5. The van der Waals surface area contributed by atoms with E-state index in [1.54, 1.807) is 38.3 Å². The molecule has 11 heteroatoms. The highest BCUT2D eigenvalue weighted by Gasteiger charge is 2.31. The fourth-order valence-electron chi connectivity index (χ4n) is 3.24. The minimum absolute atomic E-state index is 0.0839. The van der Waals surface area contributed by atoms with E-state index in [1.165, 1.54) is 23.1 Å². The average molecular weight is 545 g/mol. The Morgan fingerprint density at radius 3 is 2.14 bits per heavy atom. The number of rotatable bonds is 9. The average Bonchev–Trinajstić information content (AvgIpc) is 2.75. The predicted octanol–water partition coefficient (Wildman–Crippen LogP) is 4.10. The lowest BCUT2D eigenvalue weighted by molar-refractivity contribution is -0.140. The van der Waals surface area contributed by atoms with E-state index in [-0.39, 0.29) is 28.2 Å². The molecule has 0 saturated carbocycles. The number of hydrogen-bond acceptors (Lipinski definition) is 5. The number of hydrogen-bond donors (Lipinski definition) is 1. The zero-order valence-corrected chi connectivity index (χ0v) is 23.0. The van der Waals surface area contributed by atoms with Crippen molar-refractivity contribution in [3.8, 4) is 5.75 Å². The van der Waals surface area contributed by atoms with Gasteiger partial charge in [0.25, 0.3) is 0 Å². The van der Waals surface area contributed by atoms with Crippen molar-refractivity contribution in [2.24, 2.45) is 0 Å². The SMILES string of the molecule is COc1ccc(CN(C(=O)CN(c2ccc(Cl)c(Cl)c2)S(C)(=O)=O)C(C)C(=O)NC(C)(C)C)cc1. The lowest BCUT2D eigenvalue weighted by Crippen LogP contribution is -2.54. The van der Waals surface area contributed by atoms with Crippen LogP contribution in [0.5, 0.6) is 5.75 Å². The van der Waals surface area contributed by atoms with Gasteiger partial charge >= 0.3 is 0 Å². The first-order valence-corrected chi connectivity index (χ1v) is 13.4. The molecule has 0 aliphatic rings. The number of benzene rings is 2. The standard InChI is InChI=1S/C24H31Cl2N3O5S/c1-16(23(31)27-24(2,3)4)28(14-17-7-10-19(34-5)11-8-17)22(30)15-29(35(6,32)33)18-9-12-20(25)21(26)13-18/h7-13,16H,14-15H2,1-6H3,(H,27,31). The van der Waals surface area contributed by atoms with Crippen LogP contribution in [0.3, 0.4) is 0 Å². The molecule has 0 aliphatic carbocycles. The molecule has 1 atom stereocenters. The highest BCUT2D eigenvalue weighted by atomic mass is 35.5. The van der Waals surface area contributed by atoms with Crippen LogP contribution in [0.2, 0.25) is 10.0 Å². The van der Waals surface area contributed by atoms with Gasteiger partial charge in [0, 0.05) is 12.1 Å². The number of amides is 2. The van der Waals surface area contributed by atoms with E-state index in [0.717, 1.165) is 16.1 Å². The van der Waals surface area contributed by atoms with Crippen molar-refractivity contribution in [2.45, 2.75) is 45.8 Å². The molecule has 0 radical (unpaired) electrons. The van der Waals surface area contributed by atoms with Gasteiger partial charge in [-0.05, 0) is 63.6 Å². The third kappa shape index (κ3) is 8.30. The fourth-order valence-corrected chi connectivity index (χ4v) is 4.37. The Morgan fingerprint density at radius 1 is 1.06 bits per heavy atom.